The molecule has 1 aromatic carbocycles. The SMILES string of the molecule is CNC(c1cc(OC)ccc1Br)C1CCOC2(CCC2)C1. The third-order valence-corrected chi connectivity index (χ3v) is 5.84. The lowest BCUT2D eigenvalue weighted by atomic mass is 9.69. The molecule has 2 fully saturated rings. The fourth-order valence-electron chi connectivity index (χ4n) is 3.80. The maximum absolute atomic E-state index is 6.07. The van der Waals surface area contributed by atoms with Crippen molar-refractivity contribution >= 4 is 15.9 Å². The number of rotatable bonds is 4. The van der Waals surface area contributed by atoms with Crippen molar-refractivity contribution in [1.29, 1.82) is 0 Å². The normalized spacial score (nSPS) is 25.4. The highest BCUT2D eigenvalue weighted by Gasteiger charge is 2.44. The molecule has 1 aliphatic carbocycles. The van der Waals surface area contributed by atoms with Gasteiger partial charge in [-0.1, -0.05) is 15.9 Å². The molecular formula is C17H24BrNO2. The van der Waals surface area contributed by atoms with Gasteiger partial charge < -0.3 is 14.8 Å². The molecule has 1 saturated heterocycles. The third-order valence-electron chi connectivity index (χ3n) is 5.12. The summed E-state index contributed by atoms with van der Waals surface area (Å²) < 4.78 is 12.6. The van der Waals surface area contributed by atoms with Crippen LogP contribution in [0.25, 0.3) is 0 Å². The summed E-state index contributed by atoms with van der Waals surface area (Å²) in [6, 6.07) is 6.57. The first-order valence-electron chi connectivity index (χ1n) is 7.82. The average molecular weight is 354 g/mol. The first-order chi connectivity index (χ1) is 10.2. The van der Waals surface area contributed by atoms with Crippen LogP contribution in [0.15, 0.2) is 22.7 Å². The van der Waals surface area contributed by atoms with Crippen LogP contribution >= 0.6 is 15.9 Å². The second-order valence-electron chi connectivity index (χ2n) is 6.29. The fraction of sp³-hybridized carbons (Fsp3) is 0.647. The van der Waals surface area contributed by atoms with Crippen molar-refractivity contribution in [2.24, 2.45) is 5.92 Å². The van der Waals surface area contributed by atoms with E-state index in [9.17, 15) is 0 Å². The second kappa shape index (κ2) is 6.27. The largest absolute Gasteiger partial charge is 0.497 e. The van der Waals surface area contributed by atoms with Crippen LogP contribution in [-0.4, -0.2) is 26.4 Å². The van der Waals surface area contributed by atoms with Gasteiger partial charge in [-0.2, -0.15) is 0 Å². The zero-order valence-corrected chi connectivity index (χ0v) is 14.4. The van der Waals surface area contributed by atoms with Gasteiger partial charge >= 0.3 is 0 Å². The number of nitrogens with one attached hydrogen (secondary N) is 1. The topological polar surface area (TPSA) is 30.5 Å². The van der Waals surface area contributed by atoms with E-state index in [0.29, 0.717) is 12.0 Å². The van der Waals surface area contributed by atoms with Crippen molar-refractivity contribution in [2.45, 2.75) is 43.7 Å². The molecule has 116 valence electrons. The summed E-state index contributed by atoms with van der Waals surface area (Å²) in [5, 5.41) is 3.53. The number of halogens is 1. The minimum atomic E-state index is 0.184. The van der Waals surface area contributed by atoms with Gasteiger partial charge in [-0.25, -0.2) is 0 Å². The van der Waals surface area contributed by atoms with E-state index < -0.39 is 0 Å². The summed E-state index contributed by atoms with van der Waals surface area (Å²) in [5.74, 6) is 1.53. The molecule has 3 nitrogen and oxygen atoms in total. The summed E-state index contributed by atoms with van der Waals surface area (Å²) in [6.45, 7) is 0.893. The summed E-state index contributed by atoms with van der Waals surface area (Å²) >= 11 is 3.70. The molecule has 1 aromatic rings. The quantitative estimate of drug-likeness (QED) is 0.884. The summed E-state index contributed by atoms with van der Waals surface area (Å²) in [4.78, 5) is 0. The highest BCUT2D eigenvalue weighted by Crippen LogP contribution is 2.47. The molecule has 3 rings (SSSR count). The van der Waals surface area contributed by atoms with E-state index in [1.807, 2.05) is 6.07 Å². The molecule has 1 spiro atoms. The van der Waals surface area contributed by atoms with E-state index >= 15 is 0 Å². The van der Waals surface area contributed by atoms with E-state index in [1.54, 1.807) is 7.11 Å². The molecule has 0 aromatic heterocycles. The van der Waals surface area contributed by atoms with Gasteiger partial charge in [-0.05, 0) is 68.8 Å². The first-order valence-corrected chi connectivity index (χ1v) is 8.61. The number of ether oxygens (including phenoxy) is 2. The predicted molar refractivity (Wildman–Crippen MR) is 87.8 cm³/mol. The van der Waals surface area contributed by atoms with Crippen molar-refractivity contribution in [3.63, 3.8) is 0 Å². The first kappa shape index (κ1) is 15.3. The van der Waals surface area contributed by atoms with E-state index in [0.717, 1.165) is 23.2 Å². The zero-order valence-electron chi connectivity index (χ0n) is 12.8. The monoisotopic (exact) mass is 353 g/mol. The second-order valence-corrected chi connectivity index (χ2v) is 7.15. The molecule has 1 N–H and O–H groups in total. The van der Waals surface area contributed by atoms with Crippen LogP contribution < -0.4 is 10.1 Å². The Kier molecular flexibility index (Phi) is 4.57. The minimum absolute atomic E-state index is 0.184. The molecule has 2 aliphatic rings. The Morgan fingerprint density at radius 1 is 1.43 bits per heavy atom. The predicted octanol–water partition coefficient (Wildman–Crippen LogP) is 4.07. The van der Waals surface area contributed by atoms with Crippen molar-refractivity contribution in [3.05, 3.63) is 28.2 Å². The molecule has 0 amide bonds. The van der Waals surface area contributed by atoms with Crippen LogP contribution in [0.2, 0.25) is 0 Å². The zero-order chi connectivity index (χ0) is 14.9. The van der Waals surface area contributed by atoms with E-state index in [1.165, 1.54) is 31.2 Å². The van der Waals surface area contributed by atoms with Crippen molar-refractivity contribution in [2.75, 3.05) is 20.8 Å². The number of methoxy groups -OCH3 is 1. The molecular weight excluding hydrogens is 330 g/mol. The smallest absolute Gasteiger partial charge is 0.119 e. The Bertz CT molecular complexity index is 502. The van der Waals surface area contributed by atoms with E-state index in [4.69, 9.17) is 9.47 Å². The van der Waals surface area contributed by atoms with Crippen molar-refractivity contribution in [1.82, 2.24) is 5.32 Å². The molecule has 0 radical (unpaired) electrons. The lowest BCUT2D eigenvalue weighted by Gasteiger charge is -2.49. The Balaban J connectivity index is 1.84. The van der Waals surface area contributed by atoms with Gasteiger partial charge in [0.25, 0.3) is 0 Å². The average Bonchev–Trinajstić information content (AvgIpc) is 2.48. The third kappa shape index (κ3) is 2.99. The van der Waals surface area contributed by atoms with Crippen LogP contribution in [0.3, 0.4) is 0 Å². The summed E-state index contributed by atoms with van der Waals surface area (Å²) in [5.41, 5.74) is 1.47. The van der Waals surface area contributed by atoms with Gasteiger partial charge in [0.2, 0.25) is 0 Å². The maximum Gasteiger partial charge on any atom is 0.119 e. The van der Waals surface area contributed by atoms with Gasteiger partial charge in [-0.3, -0.25) is 0 Å². The summed E-state index contributed by atoms with van der Waals surface area (Å²) in [7, 11) is 3.78. The van der Waals surface area contributed by atoms with Crippen LogP contribution in [-0.2, 0) is 4.74 Å². The lowest BCUT2D eigenvalue weighted by Crippen LogP contribution is -2.47. The van der Waals surface area contributed by atoms with Gasteiger partial charge in [-0.15, -0.1) is 0 Å². The Morgan fingerprint density at radius 3 is 2.86 bits per heavy atom. The van der Waals surface area contributed by atoms with Crippen LogP contribution in [0.1, 0.15) is 43.7 Å². The Hall–Kier alpha value is -0.580. The van der Waals surface area contributed by atoms with Crippen molar-refractivity contribution in [3.8, 4) is 5.75 Å². The molecule has 2 atom stereocenters. The summed E-state index contributed by atoms with van der Waals surface area (Å²) in [6.07, 6.45) is 6.08. The van der Waals surface area contributed by atoms with Crippen LogP contribution in [0.4, 0.5) is 0 Å². The Labute approximate surface area is 135 Å². The molecule has 1 aliphatic heterocycles. The van der Waals surface area contributed by atoms with Gasteiger partial charge in [0.1, 0.15) is 5.75 Å². The Morgan fingerprint density at radius 2 is 2.24 bits per heavy atom. The molecule has 2 unspecified atom stereocenters. The standard InChI is InChI=1S/C17H24BrNO2/c1-19-16(14-10-13(20-2)4-5-15(14)18)12-6-9-21-17(11-12)7-3-8-17/h4-5,10,12,16,19H,3,6-9,11H2,1-2H3. The van der Waals surface area contributed by atoms with E-state index in [-0.39, 0.29) is 5.60 Å². The van der Waals surface area contributed by atoms with Gasteiger partial charge in [0.05, 0.1) is 12.7 Å². The molecule has 1 saturated carbocycles. The molecule has 21 heavy (non-hydrogen) atoms. The molecule has 1 heterocycles. The number of hydrogen-bond acceptors (Lipinski definition) is 3. The number of benzene rings is 1. The minimum Gasteiger partial charge on any atom is -0.497 e. The molecule has 4 heteroatoms. The van der Waals surface area contributed by atoms with Crippen molar-refractivity contribution < 1.29 is 9.47 Å². The number of hydrogen-bond donors (Lipinski definition) is 1. The fourth-order valence-corrected chi connectivity index (χ4v) is 4.30. The van der Waals surface area contributed by atoms with E-state index in [2.05, 4.69) is 40.4 Å². The van der Waals surface area contributed by atoms with Crippen LogP contribution in [0.5, 0.6) is 5.75 Å². The van der Waals surface area contributed by atoms with Gasteiger partial charge in [0, 0.05) is 17.1 Å². The maximum atomic E-state index is 6.07. The highest BCUT2D eigenvalue weighted by atomic mass is 79.9. The highest BCUT2D eigenvalue weighted by molar-refractivity contribution is 9.10. The van der Waals surface area contributed by atoms with Gasteiger partial charge in [0.15, 0.2) is 0 Å². The molecule has 0 bridgehead atoms. The lowest BCUT2D eigenvalue weighted by molar-refractivity contribution is -0.147. The van der Waals surface area contributed by atoms with Crippen LogP contribution in [0, 0.1) is 5.92 Å².